The molecule has 3 rings (SSSR count). The van der Waals surface area contributed by atoms with Crippen molar-refractivity contribution in [1.82, 2.24) is 14.9 Å². The minimum Gasteiger partial charge on any atom is -0.335 e. The molecule has 0 saturated heterocycles. The molecule has 5 nitrogen and oxygen atoms in total. The number of benzene rings is 2. The maximum absolute atomic E-state index is 12.7. The Kier molecular flexibility index (Phi) is 5.30. The van der Waals surface area contributed by atoms with Gasteiger partial charge in [0.25, 0.3) is 5.56 Å². The summed E-state index contributed by atoms with van der Waals surface area (Å²) in [5, 5.41) is 0.449. The molecule has 0 aliphatic carbocycles. The largest absolute Gasteiger partial charge is 0.416 e. The van der Waals surface area contributed by atoms with Crippen molar-refractivity contribution in [2.24, 2.45) is 0 Å². The van der Waals surface area contributed by atoms with Gasteiger partial charge in [0.05, 0.1) is 23.0 Å². The predicted octanol–water partition coefficient (Wildman–Crippen LogP) is 3.61. The highest BCUT2D eigenvalue weighted by atomic mass is 19.4. The molecule has 3 aromatic rings. The first-order valence-corrected chi connectivity index (χ1v) is 8.32. The third kappa shape index (κ3) is 4.46. The van der Waals surface area contributed by atoms with Crippen LogP contribution in [0.3, 0.4) is 0 Å². The van der Waals surface area contributed by atoms with Crippen LogP contribution in [0.2, 0.25) is 0 Å². The summed E-state index contributed by atoms with van der Waals surface area (Å²) in [4.78, 5) is 32.6. The molecule has 0 unspecified atom stereocenters. The maximum atomic E-state index is 12.7. The number of H-pyrrole nitrogens is 1. The fourth-order valence-corrected chi connectivity index (χ4v) is 2.63. The standard InChI is InChI=1S/C20H16F3N3O2/c1-26(12-17-24-16-8-3-2-7-15(16)19(28)25-17)18(27)10-9-13-5-4-6-14(11-13)20(21,22)23/h2-11H,12H2,1H3,(H,24,25,28)/b10-9+. The van der Waals surface area contributed by atoms with Gasteiger partial charge in [-0.1, -0.05) is 24.3 Å². The SMILES string of the molecule is CN(Cc1nc2ccccc2c(=O)[nH]1)C(=O)/C=C/c1cccc(C(F)(F)F)c1. The number of nitrogens with one attached hydrogen (secondary N) is 1. The van der Waals surface area contributed by atoms with Crippen LogP contribution in [0, 0.1) is 0 Å². The Labute approximate surface area is 158 Å². The van der Waals surface area contributed by atoms with Crippen molar-refractivity contribution >= 4 is 22.9 Å². The fourth-order valence-electron chi connectivity index (χ4n) is 2.63. The van der Waals surface area contributed by atoms with E-state index in [4.69, 9.17) is 0 Å². The number of hydrogen-bond donors (Lipinski definition) is 1. The monoisotopic (exact) mass is 387 g/mol. The zero-order valence-corrected chi connectivity index (χ0v) is 14.8. The van der Waals surface area contributed by atoms with Gasteiger partial charge in [-0.2, -0.15) is 13.2 Å². The van der Waals surface area contributed by atoms with Crippen molar-refractivity contribution in [1.29, 1.82) is 0 Å². The highest BCUT2D eigenvalue weighted by molar-refractivity contribution is 5.91. The van der Waals surface area contributed by atoms with Gasteiger partial charge in [0.15, 0.2) is 0 Å². The van der Waals surface area contributed by atoms with E-state index in [1.165, 1.54) is 36.2 Å². The number of alkyl halides is 3. The molecular weight excluding hydrogens is 371 g/mol. The number of hydrogen-bond acceptors (Lipinski definition) is 3. The van der Waals surface area contributed by atoms with Gasteiger partial charge in [0.1, 0.15) is 5.82 Å². The number of rotatable bonds is 4. The van der Waals surface area contributed by atoms with Crippen LogP contribution in [-0.4, -0.2) is 27.8 Å². The van der Waals surface area contributed by atoms with Crippen molar-refractivity contribution in [2.45, 2.75) is 12.7 Å². The Morgan fingerprint density at radius 1 is 1.18 bits per heavy atom. The minimum atomic E-state index is -4.45. The summed E-state index contributed by atoms with van der Waals surface area (Å²) < 4.78 is 38.2. The highest BCUT2D eigenvalue weighted by Crippen LogP contribution is 2.29. The normalized spacial score (nSPS) is 11.9. The van der Waals surface area contributed by atoms with Crippen LogP contribution in [0.4, 0.5) is 13.2 Å². The first-order valence-electron chi connectivity index (χ1n) is 8.32. The van der Waals surface area contributed by atoms with E-state index >= 15 is 0 Å². The molecule has 0 bridgehead atoms. The van der Waals surface area contributed by atoms with Gasteiger partial charge in [-0.15, -0.1) is 0 Å². The Morgan fingerprint density at radius 3 is 2.68 bits per heavy atom. The van der Waals surface area contributed by atoms with E-state index in [-0.39, 0.29) is 17.7 Å². The van der Waals surface area contributed by atoms with Gasteiger partial charge in [0, 0.05) is 13.1 Å². The average Bonchev–Trinajstić information content (AvgIpc) is 2.65. The van der Waals surface area contributed by atoms with Gasteiger partial charge in [-0.25, -0.2) is 4.98 Å². The molecule has 1 N–H and O–H groups in total. The van der Waals surface area contributed by atoms with Crippen molar-refractivity contribution in [3.05, 3.63) is 81.9 Å². The molecule has 0 radical (unpaired) electrons. The number of carbonyl (C=O) groups is 1. The summed E-state index contributed by atoms with van der Waals surface area (Å²) in [6.45, 7) is 0.0475. The zero-order valence-electron chi connectivity index (χ0n) is 14.8. The third-order valence-electron chi connectivity index (χ3n) is 4.06. The van der Waals surface area contributed by atoms with Crippen LogP contribution in [0.15, 0.2) is 59.4 Å². The second-order valence-electron chi connectivity index (χ2n) is 6.18. The number of aromatic amines is 1. The summed E-state index contributed by atoms with van der Waals surface area (Å²) >= 11 is 0. The van der Waals surface area contributed by atoms with E-state index in [1.54, 1.807) is 24.3 Å². The fraction of sp³-hybridized carbons (Fsp3) is 0.150. The molecule has 0 saturated carbocycles. The number of para-hydroxylation sites is 1. The van der Waals surface area contributed by atoms with Gasteiger partial charge < -0.3 is 9.88 Å². The number of fused-ring (bicyclic) bond motifs is 1. The number of likely N-dealkylation sites (N-methyl/N-ethyl adjacent to an activating group) is 1. The van der Waals surface area contributed by atoms with E-state index in [2.05, 4.69) is 9.97 Å². The lowest BCUT2D eigenvalue weighted by molar-refractivity contribution is -0.137. The quantitative estimate of drug-likeness (QED) is 0.696. The molecule has 8 heteroatoms. The summed E-state index contributed by atoms with van der Waals surface area (Å²) in [6.07, 6.45) is -1.96. The lowest BCUT2D eigenvalue weighted by Gasteiger charge is -2.14. The molecule has 1 heterocycles. The van der Waals surface area contributed by atoms with Gasteiger partial charge >= 0.3 is 6.18 Å². The van der Waals surface area contributed by atoms with Crippen LogP contribution >= 0.6 is 0 Å². The Bertz CT molecular complexity index is 1100. The van der Waals surface area contributed by atoms with Crippen LogP contribution in [-0.2, 0) is 17.5 Å². The summed E-state index contributed by atoms with van der Waals surface area (Å²) in [5.41, 5.74) is -0.315. The van der Waals surface area contributed by atoms with Crippen molar-refractivity contribution in [3.63, 3.8) is 0 Å². The van der Waals surface area contributed by atoms with Crippen molar-refractivity contribution in [2.75, 3.05) is 7.05 Å². The van der Waals surface area contributed by atoms with Gasteiger partial charge in [-0.05, 0) is 35.9 Å². The smallest absolute Gasteiger partial charge is 0.335 e. The zero-order chi connectivity index (χ0) is 20.3. The molecule has 0 atom stereocenters. The van der Waals surface area contributed by atoms with E-state index < -0.39 is 17.6 Å². The molecule has 28 heavy (non-hydrogen) atoms. The van der Waals surface area contributed by atoms with E-state index in [1.807, 2.05) is 0 Å². The molecule has 1 amide bonds. The van der Waals surface area contributed by atoms with Crippen LogP contribution in [0.25, 0.3) is 17.0 Å². The summed E-state index contributed by atoms with van der Waals surface area (Å²) in [5.74, 6) is -0.125. The van der Waals surface area contributed by atoms with Crippen molar-refractivity contribution in [3.8, 4) is 0 Å². The minimum absolute atomic E-state index is 0.0475. The molecule has 0 spiro atoms. The first-order chi connectivity index (χ1) is 13.2. The number of carbonyl (C=O) groups excluding carboxylic acids is 1. The molecule has 0 aliphatic rings. The van der Waals surface area contributed by atoms with E-state index in [0.717, 1.165) is 12.1 Å². The Balaban J connectivity index is 1.73. The van der Waals surface area contributed by atoms with Crippen LogP contribution < -0.4 is 5.56 Å². The molecular formula is C20H16F3N3O2. The lowest BCUT2D eigenvalue weighted by atomic mass is 10.1. The van der Waals surface area contributed by atoms with E-state index in [9.17, 15) is 22.8 Å². The van der Waals surface area contributed by atoms with Crippen LogP contribution in [0.5, 0.6) is 0 Å². The van der Waals surface area contributed by atoms with Gasteiger partial charge in [0.2, 0.25) is 5.91 Å². The molecule has 2 aromatic carbocycles. The topological polar surface area (TPSA) is 66.1 Å². The average molecular weight is 387 g/mol. The molecule has 1 aromatic heterocycles. The first kappa shape index (κ1) is 19.3. The number of aromatic nitrogens is 2. The van der Waals surface area contributed by atoms with Crippen LogP contribution in [0.1, 0.15) is 17.0 Å². The molecule has 0 aliphatic heterocycles. The molecule has 0 fully saturated rings. The predicted molar refractivity (Wildman–Crippen MR) is 99.3 cm³/mol. The maximum Gasteiger partial charge on any atom is 0.416 e. The Morgan fingerprint density at radius 2 is 1.93 bits per heavy atom. The highest BCUT2D eigenvalue weighted by Gasteiger charge is 2.30. The second-order valence-corrected chi connectivity index (χ2v) is 6.18. The lowest BCUT2D eigenvalue weighted by Crippen LogP contribution is -2.26. The molecule has 144 valence electrons. The third-order valence-corrected chi connectivity index (χ3v) is 4.06. The van der Waals surface area contributed by atoms with E-state index in [0.29, 0.717) is 16.7 Å². The number of amides is 1. The summed E-state index contributed by atoms with van der Waals surface area (Å²) in [6, 6.07) is 11.5. The second kappa shape index (κ2) is 7.67. The number of halogens is 3. The van der Waals surface area contributed by atoms with Gasteiger partial charge in [-0.3, -0.25) is 9.59 Å². The van der Waals surface area contributed by atoms with Crippen molar-refractivity contribution < 1.29 is 18.0 Å². The Hall–Kier alpha value is -3.42. The summed E-state index contributed by atoms with van der Waals surface area (Å²) in [7, 11) is 1.51. The number of nitrogens with zero attached hydrogens (tertiary/aromatic N) is 2.